The highest BCUT2D eigenvalue weighted by Crippen LogP contribution is 2.24. The van der Waals surface area contributed by atoms with Gasteiger partial charge in [-0.3, -0.25) is 4.79 Å². The van der Waals surface area contributed by atoms with Crippen molar-refractivity contribution in [1.82, 2.24) is 5.32 Å². The van der Waals surface area contributed by atoms with Gasteiger partial charge in [0.25, 0.3) is 5.91 Å². The first-order valence-corrected chi connectivity index (χ1v) is 5.98. The van der Waals surface area contributed by atoms with Crippen molar-refractivity contribution in [2.45, 2.75) is 47.0 Å². The van der Waals surface area contributed by atoms with Crippen molar-refractivity contribution in [2.24, 2.45) is 5.41 Å². The van der Waals surface area contributed by atoms with E-state index in [4.69, 9.17) is 4.42 Å². The molecule has 0 aliphatic rings. The molecule has 0 bridgehead atoms. The zero-order valence-corrected chi connectivity index (χ0v) is 11.7. The minimum atomic E-state index is -0.143. The van der Waals surface area contributed by atoms with Gasteiger partial charge in [0, 0.05) is 12.0 Å². The van der Waals surface area contributed by atoms with Crippen LogP contribution in [0.4, 0.5) is 0 Å². The van der Waals surface area contributed by atoms with Crippen LogP contribution in [0.25, 0.3) is 0 Å². The van der Waals surface area contributed by atoms with Gasteiger partial charge in [0.2, 0.25) is 0 Å². The van der Waals surface area contributed by atoms with Crippen molar-refractivity contribution >= 4 is 5.91 Å². The molecule has 17 heavy (non-hydrogen) atoms. The maximum atomic E-state index is 11.8. The van der Waals surface area contributed by atoms with Crippen LogP contribution in [-0.2, 0) is 5.41 Å². The fourth-order valence-corrected chi connectivity index (χ4v) is 1.30. The maximum Gasteiger partial charge on any atom is 0.287 e. The second-order valence-electron chi connectivity index (χ2n) is 6.66. The van der Waals surface area contributed by atoms with Crippen molar-refractivity contribution in [3.8, 4) is 0 Å². The Labute approximate surface area is 104 Å². The van der Waals surface area contributed by atoms with Gasteiger partial charge in [-0.15, -0.1) is 0 Å². The quantitative estimate of drug-likeness (QED) is 0.857. The lowest BCUT2D eigenvalue weighted by molar-refractivity contribution is 0.0908. The van der Waals surface area contributed by atoms with Gasteiger partial charge in [-0.2, -0.15) is 0 Å². The Morgan fingerprint density at radius 1 is 1.18 bits per heavy atom. The number of rotatable bonds is 2. The highest BCUT2D eigenvalue weighted by atomic mass is 16.4. The molecule has 0 fully saturated rings. The van der Waals surface area contributed by atoms with Crippen LogP contribution in [0.2, 0.25) is 0 Å². The third kappa shape index (κ3) is 4.25. The average Bonchev–Trinajstić information content (AvgIpc) is 2.60. The summed E-state index contributed by atoms with van der Waals surface area (Å²) in [6.45, 7) is 13.0. The summed E-state index contributed by atoms with van der Waals surface area (Å²) in [5, 5.41) is 2.87. The normalized spacial score (nSPS) is 12.6. The van der Waals surface area contributed by atoms with Gasteiger partial charge in [0.05, 0.1) is 0 Å². The smallest absolute Gasteiger partial charge is 0.287 e. The summed E-state index contributed by atoms with van der Waals surface area (Å²) < 4.78 is 5.56. The van der Waals surface area contributed by atoms with Crippen LogP contribution in [0, 0.1) is 5.41 Å². The predicted molar refractivity (Wildman–Crippen MR) is 69.2 cm³/mol. The molecule has 1 heterocycles. The van der Waals surface area contributed by atoms with Crippen LogP contribution in [-0.4, -0.2) is 12.5 Å². The molecular weight excluding hydrogens is 214 g/mol. The van der Waals surface area contributed by atoms with Gasteiger partial charge < -0.3 is 9.73 Å². The van der Waals surface area contributed by atoms with Gasteiger partial charge in [-0.1, -0.05) is 41.5 Å². The SMILES string of the molecule is CC(C)(C)CNC(=O)c1ccc(C(C)(C)C)o1. The van der Waals surface area contributed by atoms with E-state index in [0.717, 1.165) is 5.76 Å². The number of furan rings is 1. The minimum Gasteiger partial charge on any atom is -0.455 e. The van der Waals surface area contributed by atoms with E-state index in [1.165, 1.54) is 0 Å². The molecule has 0 aromatic carbocycles. The number of amides is 1. The zero-order valence-electron chi connectivity index (χ0n) is 11.7. The second-order valence-corrected chi connectivity index (χ2v) is 6.66. The molecule has 0 aliphatic heterocycles. The summed E-state index contributed by atoms with van der Waals surface area (Å²) >= 11 is 0. The average molecular weight is 237 g/mol. The first-order valence-electron chi connectivity index (χ1n) is 5.98. The first-order chi connectivity index (χ1) is 7.59. The van der Waals surface area contributed by atoms with Gasteiger partial charge in [0.15, 0.2) is 5.76 Å². The highest BCUT2D eigenvalue weighted by molar-refractivity contribution is 5.91. The van der Waals surface area contributed by atoms with Crippen LogP contribution in [0.3, 0.4) is 0 Å². The van der Waals surface area contributed by atoms with Crippen LogP contribution in [0.1, 0.15) is 57.9 Å². The fourth-order valence-electron chi connectivity index (χ4n) is 1.30. The molecule has 1 rings (SSSR count). The number of hydrogen-bond donors (Lipinski definition) is 1. The third-order valence-corrected chi connectivity index (χ3v) is 2.35. The van der Waals surface area contributed by atoms with Crippen LogP contribution >= 0.6 is 0 Å². The summed E-state index contributed by atoms with van der Waals surface area (Å²) in [6, 6.07) is 3.60. The summed E-state index contributed by atoms with van der Waals surface area (Å²) in [4.78, 5) is 11.8. The number of carbonyl (C=O) groups excluding carboxylic acids is 1. The van der Waals surface area contributed by atoms with E-state index in [2.05, 4.69) is 46.9 Å². The van der Waals surface area contributed by atoms with E-state index in [9.17, 15) is 4.79 Å². The molecule has 1 amide bonds. The van der Waals surface area contributed by atoms with E-state index in [1.807, 2.05) is 6.07 Å². The zero-order chi connectivity index (χ0) is 13.3. The Kier molecular flexibility index (Phi) is 3.70. The Morgan fingerprint density at radius 3 is 2.18 bits per heavy atom. The summed E-state index contributed by atoms with van der Waals surface area (Å²) in [7, 11) is 0. The monoisotopic (exact) mass is 237 g/mol. The Morgan fingerprint density at radius 2 is 1.76 bits per heavy atom. The van der Waals surface area contributed by atoms with E-state index < -0.39 is 0 Å². The predicted octanol–water partition coefficient (Wildman–Crippen LogP) is 3.35. The third-order valence-electron chi connectivity index (χ3n) is 2.35. The molecule has 0 saturated carbocycles. The lowest BCUT2D eigenvalue weighted by Gasteiger charge is -2.18. The molecule has 0 radical (unpaired) electrons. The molecule has 0 saturated heterocycles. The van der Waals surface area contributed by atoms with E-state index >= 15 is 0 Å². The molecule has 0 unspecified atom stereocenters. The number of nitrogens with one attached hydrogen (secondary N) is 1. The standard InChI is InChI=1S/C14H23NO2/c1-13(2,3)9-15-12(16)10-7-8-11(17-10)14(4,5)6/h7-8H,9H2,1-6H3,(H,15,16). The Bertz CT molecular complexity index is 391. The molecule has 1 aromatic rings. The topological polar surface area (TPSA) is 42.2 Å². The summed E-state index contributed by atoms with van der Waals surface area (Å²) in [6.07, 6.45) is 0. The number of carbonyl (C=O) groups is 1. The molecule has 0 atom stereocenters. The molecule has 0 spiro atoms. The molecule has 96 valence electrons. The first kappa shape index (κ1) is 13.8. The lowest BCUT2D eigenvalue weighted by atomic mass is 9.94. The van der Waals surface area contributed by atoms with Crippen molar-refractivity contribution in [3.05, 3.63) is 23.7 Å². The fraction of sp³-hybridized carbons (Fsp3) is 0.643. The largest absolute Gasteiger partial charge is 0.455 e. The van der Waals surface area contributed by atoms with Crippen LogP contribution in [0.15, 0.2) is 16.5 Å². The van der Waals surface area contributed by atoms with Gasteiger partial charge in [-0.05, 0) is 17.5 Å². The van der Waals surface area contributed by atoms with Crippen LogP contribution in [0.5, 0.6) is 0 Å². The minimum absolute atomic E-state index is 0.0669. The maximum absolute atomic E-state index is 11.8. The van der Waals surface area contributed by atoms with E-state index in [1.54, 1.807) is 6.07 Å². The van der Waals surface area contributed by atoms with Gasteiger partial charge in [0.1, 0.15) is 5.76 Å². The summed E-state index contributed by atoms with van der Waals surface area (Å²) in [5.41, 5.74) is 0.0116. The van der Waals surface area contributed by atoms with Crippen LogP contribution < -0.4 is 5.32 Å². The molecule has 3 nitrogen and oxygen atoms in total. The Hall–Kier alpha value is -1.25. The molecular formula is C14H23NO2. The highest BCUT2D eigenvalue weighted by Gasteiger charge is 2.21. The van der Waals surface area contributed by atoms with Crippen molar-refractivity contribution in [1.29, 1.82) is 0 Å². The van der Waals surface area contributed by atoms with E-state index in [0.29, 0.717) is 12.3 Å². The Balaban J connectivity index is 2.68. The van der Waals surface area contributed by atoms with E-state index in [-0.39, 0.29) is 16.7 Å². The second kappa shape index (κ2) is 4.55. The van der Waals surface area contributed by atoms with Crippen molar-refractivity contribution in [3.63, 3.8) is 0 Å². The molecule has 1 aromatic heterocycles. The van der Waals surface area contributed by atoms with Gasteiger partial charge >= 0.3 is 0 Å². The van der Waals surface area contributed by atoms with Crippen molar-refractivity contribution < 1.29 is 9.21 Å². The lowest BCUT2D eigenvalue weighted by Crippen LogP contribution is -2.32. The number of hydrogen-bond acceptors (Lipinski definition) is 2. The molecule has 3 heteroatoms. The molecule has 1 N–H and O–H groups in total. The van der Waals surface area contributed by atoms with Crippen molar-refractivity contribution in [2.75, 3.05) is 6.54 Å². The molecule has 0 aliphatic carbocycles. The van der Waals surface area contributed by atoms with Gasteiger partial charge in [-0.25, -0.2) is 0 Å². The summed E-state index contributed by atoms with van der Waals surface area (Å²) in [5.74, 6) is 1.08.